The summed E-state index contributed by atoms with van der Waals surface area (Å²) in [6.45, 7) is 2.09. The van der Waals surface area contributed by atoms with Gasteiger partial charge in [-0.3, -0.25) is 9.05 Å². The van der Waals surface area contributed by atoms with Crippen LogP contribution in [0.5, 0.6) is 11.5 Å². The SMILES string of the molecule is CCCOP(=O)(O)OCCCc1ccc(O)c(O)c1. The molecule has 0 aliphatic heterocycles. The van der Waals surface area contributed by atoms with Crippen molar-refractivity contribution in [3.05, 3.63) is 23.8 Å². The van der Waals surface area contributed by atoms with Gasteiger partial charge in [0.05, 0.1) is 13.2 Å². The van der Waals surface area contributed by atoms with Crippen molar-refractivity contribution in [3.8, 4) is 11.5 Å². The maximum atomic E-state index is 11.3. The summed E-state index contributed by atoms with van der Waals surface area (Å²) < 4.78 is 20.8. The van der Waals surface area contributed by atoms with Crippen LogP contribution in [0.25, 0.3) is 0 Å². The number of hydrogen-bond donors (Lipinski definition) is 3. The molecule has 1 rings (SSSR count). The minimum atomic E-state index is -3.94. The van der Waals surface area contributed by atoms with Crippen molar-refractivity contribution in [1.29, 1.82) is 0 Å². The van der Waals surface area contributed by atoms with E-state index in [1.54, 1.807) is 6.07 Å². The van der Waals surface area contributed by atoms with Crippen molar-refractivity contribution in [2.24, 2.45) is 0 Å². The van der Waals surface area contributed by atoms with Gasteiger partial charge in [0.2, 0.25) is 0 Å². The van der Waals surface area contributed by atoms with Gasteiger partial charge in [-0.2, -0.15) is 0 Å². The molecule has 0 saturated heterocycles. The van der Waals surface area contributed by atoms with Gasteiger partial charge < -0.3 is 15.1 Å². The van der Waals surface area contributed by atoms with Crippen molar-refractivity contribution in [3.63, 3.8) is 0 Å². The number of benzene rings is 1. The number of phosphoric ester groups is 1. The lowest BCUT2D eigenvalue weighted by atomic mass is 10.1. The summed E-state index contributed by atoms with van der Waals surface area (Å²) in [7, 11) is -3.94. The van der Waals surface area contributed by atoms with Gasteiger partial charge >= 0.3 is 7.82 Å². The van der Waals surface area contributed by atoms with Gasteiger partial charge in [-0.1, -0.05) is 13.0 Å². The standard InChI is InChI=1S/C12H19O6P/c1-2-7-17-19(15,16)18-8-3-4-10-5-6-11(13)12(14)9-10/h5-6,9,13-14H,2-4,7-8H2,1H3,(H,15,16). The Kier molecular flexibility index (Phi) is 6.31. The number of phenols is 2. The lowest BCUT2D eigenvalue weighted by Gasteiger charge is -2.11. The minimum absolute atomic E-state index is 0.0825. The molecular weight excluding hydrogens is 271 g/mol. The van der Waals surface area contributed by atoms with Crippen LogP contribution in [0, 0.1) is 0 Å². The van der Waals surface area contributed by atoms with E-state index in [-0.39, 0.29) is 24.7 Å². The molecule has 1 unspecified atom stereocenters. The normalized spacial score (nSPS) is 14.2. The zero-order valence-electron chi connectivity index (χ0n) is 10.8. The first-order valence-electron chi connectivity index (χ1n) is 6.07. The molecule has 0 fully saturated rings. The Hall–Kier alpha value is -1.07. The lowest BCUT2D eigenvalue weighted by Crippen LogP contribution is -1.99. The largest absolute Gasteiger partial charge is 0.504 e. The molecule has 3 N–H and O–H groups in total. The molecule has 0 radical (unpaired) electrons. The predicted molar refractivity (Wildman–Crippen MR) is 70.1 cm³/mol. The monoisotopic (exact) mass is 290 g/mol. The van der Waals surface area contributed by atoms with Gasteiger partial charge in [-0.15, -0.1) is 0 Å². The summed E-state index contributed by atoms with van der Waals surface area (Å²) in [5.41, 5.74) is 0.807. The van der Waals surface area contributed by atoms with E-state index in [0.29, 0.717) is 19.3 Å². The molecular formula is C12H19O6P. The van der Waals surface area contributed by atoms with E-state index in [1.807, 2.05) is 6.92 Å². The Morgan fingerprint density at radius 1 is 1.16 bits per heavy atom. The van der Waals surface area contributed by atoms with Gasteiger partial charge in [0.15, 0.2) is 11.5 Å². The topological polar surface area (TPSA) is 96.2 Å². The van der Waals surface area contributed by atoms with Crippen molar-refractivity contribution in [1.82, 2.24) is 0 Å². The molecule has 0 aliphatic carbocycles. The van der Waals surface area contributed by atoms with E-state index in [0.717, 1.165) is 5.56 Å². The van der Waals surface area contributed by atoms with Crippen molar-refractivity contribution in [2.45, 2.75) is 26.2 Å². The van der Waals surface area contributed by atoms with E-state index >= 15 is 0 Å². The number of aryl methyl sites for hydroxylation is 1. The zero-order valence-corrected chi connectivity index (χ0v) is 11.7. The highest BCUT2D eigenvalue weighted by Crippen LogP contribution is 2.43. The van der Waals surface area contributed by atoms with Gasteiger partial charge in [0.25, 0.3) is 0 Å². The van der Waals surface area contributed by atoms with E-state index in [9.17, 15) is 14.6 Å². The summed E-state index contributed by atoms with van der Waals surface area (Å²) in [6.07, 6.45) is 1.70. The van der Waals surface area contributed by atoms with E-state index in [4.69, 9.17) is 9.63 Å². The summed E-state index contributed by atoms with van der Waals surface area (Å²) in [5, 5.41) is 18.4. The van der Waals surface area contributed by atoms with E-state index in [2.05, 4.69) is 4.52 Å². The van der Waals surface area contributed by atoms with E-state index in [1.165, 1.54) is 12.1 Å². The average molecular weight is 290 g/mol. The zero-order chi connectivity index (χ0) is 14.3. The van der Waals surface area contributed by atoms with Gasteiger partial charge in [0.1, 0.15) is 0 Å². The predicted octanol–water partition coefficient (Wildman–Crippen LogP) is 2.57. The van der Waals surface area contributed by atoms with Gasteiger partial charge in [-0.05, 0) is 37.0 Å². The average Bonchev–Trinajstić information content (AvgIpc) is 2.36. The number of phosphoric acid groups is 1. The Bertz CT molecular complexity index is 448. The molecule has 0 bridgehead atoms. The van der Waals surface area contributed by atoms with Crippen LogP contribution in [0.15, 0.2) is 18.2 Å². The number of aromatic hydroxyl groups is 2. The van der Waals surface area contributed by atoms with Gasteiger partial charge in [-0.25, -0.2) is 4.57 Å². The van der Waals surface area contributed by atoms with Crippen LogP contribution in [0.4, 0.5) is 0 Å². The molecule has 1 aromatic rings. The third kappa shape index (κ3) is 6.07. The van der Waals surface area contributed by atoms with Crippen molar-refractivity contribution < 1.29 is 28.7 Å². The first-order chi connectivity index (χ1) is 8.94. The van der Waals surface area contributed by atoms with E-state index < -0.39 is 7.82 Å². The second-order valence-electron chi connectivity index (χ2n) is 4.06. The highest BCUT2D eigenvalue weighted by Gasteiger charge is 2.19. The first-order valence-corrected chi connectivity index (χ1v) is 7.57. The van der Waals surface area contributed by atoms with Crippen LogP contribution in [-0.4, -0.2) is 28.3 Å². The second kappa shape index (κ2) is 7.50. The molecule has 6 nitrogen and oxygen atoms in total. The fourth-order valence-corrected chi connectivity index (χ4v) is 2.27. The third-order valence-corrected chi connectivity index (χ3v) is 3.38. The van der Waals surface area contributed by atoms with Crippen molar-refractivity contribution in [2.75, 3.05) is 13.2 Å². The summed E-state index contributed by atoms with van der Waals surface area (Å²) in [5.74, 6) is -0.356. The fraction of sp³-hybridized carbons (Fsp3) is 0.500. The number of phenolic OH excluding ortho intramolecular Hbond substituents is 2. The molecule has 19 heavy (non-hydrogen) atoms. The van der Waals surface area contributed by atoms with Crippen LogP contribution < -0.4 is 0 Å². The number of hydrogen-bond acceptors (Lipinski definition) is 5. The Balaban J connectivity index is 2.30. The Morgan fingerprint density at radius 2 is 1.84 bits per heavy atom. The van der Waals surface area contributed by atoms with Crippen LogP contribution in [0.2, 0.25) is 0 Å². The fourth-order valence-electron chi connectivity index (χ4n) is 1.42. The Morgan fingerprint density at radius 3 is 2.47 bits per heavy atom. The maximum absolute atomic E-state index is 11.3. The third-order valence-electron chi connectivity index (χ3n) is 2.36. The number of rotatable bonds is 8. The lowest BCUT2D eigenvalue weighted by molar-refractivity contribution is 0.148. The van der Waals surface area contributed by atoms with Crippen molar-refractivity contribution >= 4 is 7.82 Å². The molecule has 0 spiro atoms. The first kappa shape index (κ1) is 16.0. The maximum Gasteiger partial charge on any atom is 0.472 e. The molecule has 1 atom stereocenters. The van der Waals surface area contributed by atoms with Crippen LogP contribution in [-0.2, 0) is 20.0 Å². The quantitative estimate of drug-likeness (QED) is 0.387. The molecule has 0 saturated carbocycles. The highest BCUT2D eigenvalue weighted by molar-refractivity contribution is 7.47. The molecule has 0 aliphatic rings. The second-order valence-corrected chi connectivity index (χ2v) is 5.52. The van der Waals surface area contributed by atoms with Crippen LogP contribution in [0.1, 0.15) is 25.3 Å². The molecule has 1 aromatic carbocycles. The minimum Gasteiger partial charge on any atom is -0.504 e. The molecule has 7 heteroatoms. The van der Waals surface area contributed by atoms with Crippen LogP contribution >= 0.6 is 7.82 Å². The summed E-state index contributed by atoms with van der Waals surface area (Å²) >= 11 is 0. The summed E-state index contributed by atoms with van der Waals surface area (Å²) in [6, 6.07) is 4.51. The Labute approximate surface area is 112 Å². The summed E-state index contributed by atoms with van der Waals surface area (Å²) in [4.78, 5) is 9.26. The molecule has 0 heterocycles. The molecule has 108 valence electrons. The smallest absolute Gasteiger partial charge is 0.472 e. The highest BCUT2D eigenvalue weighted by atomic mass is 31.2. The molecule has 0 aromatic heterocycles. The van der Waals surface area contributed by atoms with Gasteiger partial charge in [0, 0.05) is 0 Å². The molecule has 0 amide bonds. The van der Waals surface area contributed by atoms with Crippen LogP contribution in [0.3, 0.4) is 0 Å².